The molecule has 2 heterocycles. The van der Waals surface area contributed by atoms with Crippen molar-refractivity contribution in [2.24, 2.45) is 0 Å². The highest BCUT2D eigenvalue weighted by Crippen LogP contribution is 2.30. The molecule has 7 nitrogen and oxygen atoms in total. The Morgan fingerprint density at radius 3 is 2.68 bits per heavy atom. The first kappa shape index (κ1) is 20.7. The van der Waals surface area contributed by atoms with Crippen molar-refractivity contribution >= 4 is 22.8 Å². The summed E-state index contributed by atoms with van der Waals surface area (Å²) in [7, 11) is 0. The van der Waals surface area contributed by atoms with Crippen LogP contribution in [0, 0.1) is 6.92 Å². The lowest BCUT2D eigenvalue weighted by molar-refractivity contribution is -0.124. The Bertz CT molecular complexity index is 1130. The van der Waals surface area contributed by atoms with Crippen LogP contribution in [-0.2, 0) is 16.0 Å². The van der Waals surface area contributed by atoms with Gasteiger partial charge in [0.15, 0.2) is 18.1 Å². The minimum absolute atomic E-state index is 0.251. The fraction of sp³-hybridized carbons (Fsp3) is 0.292. The minimum atomic E-state index is -0.547. The Morgan fingerprint density at radius 1 is 1.13 bits per heavy atom. The monoisotopic (exact) mass is 420 g/mol. The van der Waals surface area contributed by atoms with Gasteiger partial charge in [-0.25, -0.2) is 4.79 Å². The third-order valence-corrected chi connectivity index (χ3v) is 5.19. The normalized spacial score (nSPS) is 14.8. The van der Waals surface area contributed by atoms with Gasteiger partial charge in [-0.15, -0.1) is 0 Å². The fourth-order valence-corrected chi connectivity index (χ4v) is 3.61. The summed E-state index contributed by atoms with van der Waals surface area (Å²) in [4.78, 5) is 29.6. The van der Waals surface area contributed by atoms with Gasteiger partial charge in [0, 0.05) is 5.39 Å². The molecule has 0 bridgehead atoms. The third-order valence-electron chi connectivity index (χ3n) is 5.19. The van der Waals surface area contributed by atoms with Gasteiger partial charge in [0.25, 0.3) is 5.91 Å². The van der Waals surface area contributed by atoms with E-state index in [4.69, 9.17) is 14.2 Å². The number of aromatic nitrogens is 1. The van der Waals surface area contributed by atoms with Gasteiger partial charge in [0.2, 0.25) is 0 Å². The van der Waals surface area contributed by atoms with E-state index in [1.165, 1.54) is 0 Å². The first-order valence-electron chi connectivity index (χ1n) is 10.3. The van der Waals surface area contributed by atoms with Gasteiger partial charge in [-0.2, -0.15) is 0 Å². The van der Waals surface area contributed by atoms with Gasteiger partial charge < -0.3 is 19.5 Å². The zero-order valence-electron chi connectivity index (χ0n) is 17.5. The summed E-state index contributed by atoms with van der Waals surface area (Å²) < 4.78 is 16.7. The number of fused-ring (bicyclic) bond motifs is 2. The molecule has 1 N–H and O–H groups in total. The van der Waals surface area contributed by atoms with E-state index in [0.29, 0.717) is 35.8 Å². The molecule has 160 valence electrons. The first-order valence-corrected chi connectivity index (χ1v) is 10.3. The van der Waals surface area contributed by atoms with Crippen LogP contribution in [0.1, 0.15) is 28.5 Å². The number of hydrogen-bond donors (Lipinski definition) is 1. The zero-order valence-corrected chi connectivity index (χ0v) is 17.5. The van der Waals surface area contributed by atoms with Crippen LogP contribution in [0.25, 0.3) is 10.9 Å². The van der Waals surface area contributed by atoms with Crippen molar-refractivity contribution in [2.45, 2.75) is 26.4 Å². The van der Waals surface area contributed by atoms with E-state index in [1.807, 2.05) is 62.4 Å². The van der Waals surface area contributed by atoms with Gasteiger partial charge in [-0.1, -0.05) is 37.3 Å². The molecule has 0 saturated heterocycles. The van der Waals surface area contributed by atoms with E-state index in [9.17, 15) is 9.59 Å². The van der Waals surface area contributed by atoms with E-state index < -0.39 is 11.9 Å². The quantitative estimate of drug-likeness (QED) is 0.616. The third kappa shape index (κ3) is 4.45. The number of pyridine rings is 1. The van der Waals surface area contributed by atoms with E-state index >= 15 is 0 Å². The lowest BCUT2D eigenvalue weighted by Crippen LogP contribution is -2.42. The van der Waals surface area contributed by atoms with Gasteiger partial charge in [0.1, 0.15) is 12.7 Å². The maximum absolute atomic E-state index is 12.7. The van der Waals surface area contributed by atoms with Crippen LogP contribution >= 0.6 is 0 Å². The predicted octanol–water partition coefficient (Wildman–Crippen LogP) is 3.22. The number of nitrogens with zero attached hydrogens (tertiary/aromatic N) is 1. The van der Waals surface area contributed by atoms with Crippen LogP contribution in [0.5, 0.6) is 11.5 Å². The molecule has 31 heavy (non-hydrogen) atoms. The molecule has 1 aliphatic heterocycles. The van der Waals surface area contributed by atoms with E-state index in [0.717, 1.165) is 16.5 Å². The molecule has 1 aliphatic rings. The Balaban J connectivity index is 1.35. The van der Waals surface area contributed by atoms with Crippen molar-refractivity contribution in [3.05, 3.63) is 65.4 Å². The standard InChI is InChI=1S/C24H24N2O5/c1-3-18-23(15(2)17-8-4-5-9-19(17)26-18)24(28)30-14-22(27)25-12-16-13-29-20-10-6-7-11-21(20)31-16/h4-11,16H,3,12-14H2,1-2H3,(H,25,27). The number of benzene rings is 2. The predicted molar refractivity (Wildman–Crippen MR) is 116 cm³/mol. The molecule has 0 saturated carbocycles. The topological polar surface area (TPSA) is 86.8 Å². The summed E-state index contributed by atoms with van der Waals surface area (Å²) >= 11 is 0. The number of carbonyl (C=O) groups is 2. The minimum Gasteiger partial charge on any atom is -0.486 e. The molecular formula is C24H24N2O5. The zero-order chi connectivity index (χ0) is 21.8. The van der Waals surface area contributed by atoms with E-state index in [1.54, 1.807) is 0 Å². The Labute approximate surface area is 180 Å². The Morgan fingerprint density at radius 2 is 1.87 bits per heavy atom. The number of nitrogens with one attached hydrogen (secondary N) is 1. The van der Waals surface area contributed by atoms with Crippen molar-refractivity contribution in [3.8, 4) is 11.5 Å². The number of carbonyl (C=O) groups excluding carboxylic acids is 2. The molecule has 0 spiro atoms. The highest BCUT2D eigenvalue weighted by Gasteiger charge is 2.22. The lowest BCUT2D eigenvalue weighted by atomic mass is 10.0. The maximum Gasteiger partial charge on any atom is 0.340 e. The summed E-state index contributed by atoms with van der Waals surface area (Å²) in [5.41, 5.74) is 2.73. The average Bonchev–Trinajstić information content (AvgIpc) is 2.81. The van der Waals surface area contributed by atoms with Crippen molar-refractivity contribution in [3.63, 3.8) is 0 Å². The molecule has 1 atom stereocenters. The molecule has 7 heteroatoms. The molecule has 3 aromatic rings. The largest absolute Gasteiger partial charge is 0.486 e. The van der Waals surface area contributed by atoms with Crippen LogP contribution in [0.2, 0.25) is 0 Å². The molecular weight excluding hydrogens is 396 g/mol. The molecule has 1 aromatic heterocycles. The Kier molecular flexibility index (Phi) is 6.02. The molecule has 1 amide bonds. The Hall–Kier alpha value is -3.61. The van der Waals surface area contributed by atoms with Crippen molar-refractivity contribution in [1.29, 1.82) is 0 Å². The van der Waals surface area contributed by atoms with Crippen LogP contribution in [0.4, 0.5) is 0 Å². The van der Waals surface area contributed by atoms with Crippen molar-refractivity contribution in [2.75, 3.05) is 19.8 Å². The molecule has 0 radical (unpaired) electrons. The summed E-state index contributed by atoms with van der Waals surface area (Å²) in [6, 6.07) is 15.0. The van der Waals surface area contributed by atoms with E-state index in [2.05, 4.69) is 10.3 Å². The van der Waals surface area contributed by atoms with Crippen LogP contribution in [0.3, 0.4) is 0 Å². The summed E-state index contributed by atoms with van der Waals surface area (Å²) in [6.07, 6.45) is 0.274. The van der Waals surface area contributed by atoms with Gasteiger partial charge in [-0.3, -0.25) is 9.78 Å². The summed E-state index contributed by atoms with van der Waals surface area (Å²) in [6.45, 7) is 4.02. The van der Waals surface area contributed by atoms with Gasteiger partial charge >= 0.3 is 5.97 Å². The second-order valence-corrected chi connectivity index (χ2v) is 7.31. The molecule has 4 rings (SSSR count). The molecule has 2 aromatic carbocycles. The number of aryl methyl sites for hydroxylation is 2. The van der Waals surface area contributed by atoms with Gasteiger partial charge in [0.05, 0.1) is 23.3 Å². The average molecular weight is 420 g/mol. The van der Waals surface area contributed by atoms with Crippen molar-refractivity contribution < 1.29 is 23.8 Å². The van der Waals surface area contributed by atoms with Crippen LogP contribution < -0.4 is 14.8 Å². The number of hydrogen-bond acceptors (Lipinski definition) is 6. The second-order valence-electron chi connectivity index (χ2n) is 7.31. The lowest BCUT2D eigenvalue weighted by Gasteiger charge is -2.26. The number of esters is 1. The van der Waals surface area contributed by atoms with Crippen LogP contribution in [-0.4, -0.2) is 42.7 Å². The van der Waals surface area contributed by atoms with Gasteiger partial charge in [-0.05, 0) is 37.1 Å². The van der Waals surface area contributed by atoms with Crippen molar-refractivity contribution in [1.82, 2.24) is 10.3 Å². The smallest absolute Gasteiger partial charge is 0.340 e. The fourth-order valence-electron chi connectivity index (χ4n) is 3.61. The van der Waals surface area contributed by atoms with E-state index in [-0.39, 0.29) is 19.3 Å². The number of amides is 1. The summed E-state index contributed by atoms with van der Waals surface area (Å²) in [5.74, 6) is 0.380. The molecule has 0 fully saturated rings. The number of rotatable bonds is 6. The summed E-state index contributed by atoms with van der Waals surface area (Å²) in [5, 5.41) is 3.62. The molecule has 0 aliphatic carbocycles. The number of ether oxygens (including phenoxy) is 3. The first-order chi connectivity index (χ1) is 15.1. The highest BCUT2D eigenvalue weighted by molar-refractivity contribution is 5.99. The van der Waals surface area contributed by atoms with Crippen LogP contribution in [0.15, 0.2) is 48.5 Å². The number of para-hydroxylation sites is 3. The highest BCUT2D eigenvalue weighted by atomic mass is 16.6. The molecule has 1 unspecified atom stereocenters. The maximum atomic E-state index is 12.7. The SMILES string of the molecule is CCc1nc2ccccc2c(C)c1C(=O)OCC(=O)NCC1COc2ccccc2O1. The second kappa shape index (κ2) is 9.04.